The third-order valence-corrected chi connectivity index (χ3v) is 4.14. The van der Waals surface area contributed by atoms with Crippen molar-refractivity contribution in [1.29, 1.82) is 0 Å². The second-order valence-corrected chi connectivity index (χ2v) is 7.37. The lowest BCUT2D eigenvalue weighted by molar-refractivity contribution is -0.148. The summed E-state index contributed by atoms with van der Waals surface area (Å²) in [6, 6.07) is 6.26. The first-order valence-corrected chi connectivity index (χ1v) is 7.93. The molecule has 22 heavy (non-hydrogen) atoms. The van der Waals surface area contributed by atoms with E-state index in [0.717, 1.165) is 23.1 Å². The molecule has 1 atom stereocenters. The Kier molecular flexibility index (Phi) is 5.83. The van der Waals surface area contributed by atoms with Crippen molar-refractivity contribution in [3.63, 3.8) is 0 Å². The molecule has 1 rings (SSSR count). The van der Waals surface area contributed by atoms with Gasteiger partial charge in [-0.05, 0) is 71.1 Å². The minimum atomic E-state index is -0.713. The zero-order chi connectivity index (χ0) is 17.0. The fourth-order valence-corrected chi connectivity index (χ4v) is 2.07. The number of aryl methyl sites for hydroxylation is 2. The maximum atomic E-state index is 11.4. The monoisotopic (exact) mass is 300 g/mol. The van der Waals surface area contributed by atoms with Gasteiger partial charge in [-0.15, -0.1) is 0 Å². The molecule has 0 bridgehead atoms. The quantitative estimate of drug-likeness (QED) is 0.791. The van der Waals surface area contributed by atoms with Crippen molar-refractivity contribution in [1.82, 2.24) is 0 Å². The number of carboxylic acid groups (broad SMARTS) is 1. The van der Waals surface area contributed by atoms with E-state index in [2.05, 4.69) is 57.7 Å². The molecule has 0 aliphatic rings. The van der Waals surface area contributed by atoms with E-state index in [0.29, 0.717) is 12.8 Å². The molecule has 0 saturated carbocycles. The van der Waals surface area contributed by atoms with E-state index >= 15 is 0 Å². The van der Waals surface area contributed by atoms with Crippen LogP contribution in [0, 0.1) is 29.6 Å². The van der Waals surface area contributed by atoms with Crippen molar-refractivity contribution < 1.29 is 9.90 Å². The van der Waals surface area contributed by atoms with Crippen molar-refractivity contribution in [2.24, 2.45) is 10.8 Å². The topological polar surface area (TPSA) is 37.3 Å². The van der Waals surface area contributed by atoms with Gasteiger partial charge in [0.15, 0.2) is 0 Å². The molecule has 2 heteroatoms. The highest BCUT2D eigenvalue weighted by Gasteiger charge is 2.30. The van der Waals surface area contributed by atoms with Gasteiger partial charge in [-0.1, -0.05) is 30.9 Å². The van der Waals surface area contributed by atoms with Crippen molar-refractivity contribution in [3.8, 4) is 11.8 Å². The van der Waals surface area contributed by atoms with E-state index in [1.165, 1.54) is 0 Å². The van der Waals surface area contributed by atoms with E-state index in [9.17, 15) is 9.90 Å². The molecule has 0 saturated heterocycles. The standard InChI is InChI=1S/C20H28O2/c1-7-20(6,18(21)22)13-10-16-9-8-15(2)17(14-16)11-12-19(3,4)5/h8-9,14H,7,10,13H2,1-6H3,(H,21,22)/t20-/m0/s1. The summed E-state index contributed by atoms with van der Waals surface area (Å²) in [5.74, 6) is 5.81. The summed E-state index contributed by atoms with van der Waals surface area (Å²) in [5.41, 5.74) is 2.69. The molecule has 1 aromatic carbocycles. The van der Waals surface area contributed by atoms with Gasteiger partial charge in [0, 0.05) is 11.0 Å². The van der Waals surface area contributed by atoms with Crippen molar-refractivity contribution in [2.75, 3.05) is 0 Å². The second-order valence-electron chi connectivity index (χ2n) is 7.37. The Morgan fingerprint density at radius 3 is 2.36 bits per heavy atom. The molecule has 0 aliphatic heterocycles. The van der Waals surface area contributed by atoms with Gasteiger partial charge in [0.25, 0.3) is 0 Å². The van der Waals surface area contributed by atoms with Crippen LogP contribution in [0.4, 0.5) is 0 Å². The summed E-state index contributed by atoms with van der Waals surface area (Å²) in [6.07, 6.45) is 2.06. The van der Waals surface area contributed by atoms with Gasteiger partial charge in [-0.3, -0.25) is 4.79 Å². The molecule has 0 fully saturated rings. The molecule has 0 unspecified atom stereocenters. The first-order valence-electron chi connectivity index (χ1n) is 7.93. The van der Waals surface area contributed by atoms with Crippen LogP contribution in [0.25, 0.3) is 0 Å². The first-order chi connectivity index (χ1) is 10.1. The summed E-state index contributed by atoms with van der Waals surface area (Å²) >= 11 is 0. The summed E-state index contributed by atoms with van der Waals surface area (Å²) in [4.78, 5) is 11.4. The molecular formula is C20H28O2. The lowest BCUT2D eigenvalue weighted by atomic mass is 9.81. The Morgan fingerprint density at radius 1 is 1.23 bits per heavy atom. The molecule has 0 amide bonds. The van der Waals surface area contributed by atoms with Crippen molar-refractivity contribution in [2.45, 2.75) is 60.8 Å². The lowest BCUT2D eigenvalue weighted by Crippen LogP contribution is -2.27. The zero-order valence-electron chi connectivity index (χ0n) is 14.7. The molecule has 0 radical (unpaired) electrons. The largest absolute Gasteiger partial charge is 0.481 e. The Balaban J connectivity index is 2.94. The maximum absolute atomic E-state index is 11.4. The predicted octanol–water partition coefficient (Wildman–Crippen LogP) is 4.83. The van der Waals surface area contributed by atoms with Crippen LogP contribution in [0.3, 0.4) is 0 Å². The van der Waals surface area contributed by atoms with Crippen LogP contribution in [0.15, 0.2) is 18.2 Å². The molecule has 0 aliphatic carbocycles. The minimum absolute atomic E-state index is 0.0213. The highest BCUT2D eigenvalue weighted by Crippen LogP contribution is 2.28. The molecule has 0 spiro atoms. The van der Waals surface area contributed by atoms with Gasteiger partial charge in [0.2, 0.25) is 0 Å². The number of aliphatic carboxylic acids is 1. The smallest absolute Gasteiger partial charge is 0.309 e. The SMILES string of the molecule is CC[C@@](C)(CCc1ccc(C)c(C#CC(C)(C)C)c1)C(=O)O. The maximum Gasteiger partial charge on any atom is 0.309 e. The second kappa shape index (κ2) is 7.01. The molecular weight excluding hydrogens is 272 g/mol. The highest BCUT2D eigenvalue weighted by atomic mass is 16.4. The van der Waals surface area contributed by atoms with Gasteiger partial charge < -0.3 is 5.11 Å². The Bertz CT molecular complexity index is 596. The molecule has 2 nitrogen and oxygen atoms in total. The van der Waals surface area contributed by atoms with Crippen LogP contribution in [0.5, 0.6) is 0 Å². The van der Waals surface area contributed by atoms with Crippen LogP contribution < -0.4 is 0 Å². The normalized spacial score (nSPS) is 13.9. The third-order valence-electron chi connectivity index (χ3n) is 4.14. The summed E-state index contributed by atoms with van der Waals surface area (Å²) in [5, 5.41) is 9.36. The Labute approximate surface area is 134 Å². The third kappa shape index (κ3) is 5.22. The van der Waals surface area contributed by atoms with Crippen LogP contribution >= 0.6 is 0 Å². The fraction of sp³-hybridized carbons (Fsp3) is 0.550. The first kappa shape index (κ1) is 18.3. The molecule has 120 valence electrons. The molecule has 0 heterocycles. The molecule has 0 aromatic heterocycles. The van der Waals surface area contributed by atoms with E-state index in [1.807, 2.05) is 13.8 Å². The van der Waals surface area contributed by atoms with Gasteiger partial charge in [0.1, 0.15) is 0 Å². The predicted molar refractivity (Wildman–Crippen MR) is 91.9 cm³/mol. The number of benzene rings is 1. The van der Waals surface area contributed by atoms with E-state index in [4.69, 9.17) is 0 Å². The van der Waals surface area contributed by atoms with E-state index < -0.39 is 11.4 Å². The lowest BCUT2D eigenvalue weighted by Gasteiger charge is -2.22. The minimum Gasteiger partial charge on any atom is -0.481 e. The Hall–Kier alpha value is -1.75. The van der Waals surface area contributed by atoms with Gasteiger partial charge >= 0.3 is 5.97 Å². The fourth-order valence-electron chi connectivity index (χ4n) is 2.07. The summed E-state index contributed by atoms with van der Waals surface area (Å²) < 4.78 is 0. The van der Waals surface area contributed by atoms with Crippen molar-refractivity contribution in [3.05, 3.63) is 34.9 Å². The summed E-state index contributed by atoms with van der Waals surface area (Å²) in [7, 11) is 0. The van der Waals surface area contributed by atoms with Crippen LogP contribution in [-0.2, 0) is 11.2 Å². The zero-order valence-corrected chi connectivity index (χ0v) is 14.7. The van der Waals surface area contributed by atoms with Crippen LogP contribution in [0.1, 0.15) is 64.2 Å². The average molecular weight is 300 g/mol. The van der Waals surface area contributed by atoms with Gasteiger partial charge in [-0.2, -0.15) is 0 Å². The molecule has 1 N–H and O–H groups in total. The number of hydrogen-bond donors (Lipinski definition) is 1. The average Bonchev–Trinajstić information content (AvgIpc) is 2.43. The number of rotatable bonds is 5. The van der Waals surface area contributed by atoms with E-state index in [-0.39, 0.29) is 5.41 Å². The molecule has 1 aromatic rings. The van der Waals surface area contributed by atoms with Crippen LogP contribution in [0.2, 0.25) is 0 Å². The van der Waals surface area contributed by atoms with Crippen molar-refractivity contribution >= 4 is 5.97 Å². The van der Waals surface area contributed by atoms with Crippen LogP contribution in [-0.4, -0.2) is 11.1 Å². The van der Waals surface area contributed by atoms with Gasteiger partial charge in [0.05, 0.1) is 5.41 Å². The number of carbonyl (C=O) groups is 1. The number of carboxylic acids is 1. The number of hydrogen-bond acceptors (Lipinski definition) is 1. The summed E-state index contributed by atoms with van der Waals surface area (Å²) in [6.45, 7) is 12.1. The van der Waals surface area contributed by atoms with Gasteiger partial charge in [-0.25, -0.2) is 0 Å². The highest BCUT2D eigenvalue weighted by molar-refractivity contribution is 5.74. The van der Waals surface area contributed by atoms with E-state index in [1.54, 1.807) is 0 Å². The Morgan fingerprint density at radius 2 is 1.86 bits per heavy atom.